The summed E-state index contributed by atoms with van der Waals surface area (Å²) in [7, 11) is 2.21. The molecule has 1 unspecified atom stereocenters. The van der Waals surface area contributed by atoms with Crippen molar-refractivity contribution in [2.45, 2.75) is 26.2 Å². The van der Waals surface area contributed by atoms with Gasteiger partial charge in [0, 0.05) is 19.8 Å². The SMILES string of the molecule is CCOCCCC1CCN(C)C1. The fourth-order valence-corrected chi connectivity index (χ4v) is 1.88. The van der Waals surface area contributed by atoms with Crippen molar-refractivity contribution in [1.29, 1.82) is 0 Å². The van der Waals surface area contributed by atoms with Crippen LogP contribution in [0.25, 0.3) is 0 Å². The van der Waals surface area contributed by atoms with Crippen molar-refractivity contribution in [3.05, 3.63) is 0 Å². The minimum Gasteiger partial charge on any atom is -0.382 e. The molecule has 0 aromatic carbocycles. The Bertz CT molecular complexity index is 116. The van der Waals surface area contributed by atoms with Crippen molar-refractivity contribution in [1.82, 2.24) is 4.90 Å². The highest BCUT2D eigenvalue weighted by molar-refractivity contribution is 4.72. The van der Waals surface area contributed by atoms with Crippen LogP contribution in [-0.2, 0) is 4.74 Å². The number of hydrogen-bond acceptors (Lipinski definition) is 2. The quantitative estimate of drug-likeness (QED) is 0.584. The third kappa shape index (κ3) is 3.55. The monoisotopic (exact) mass is 171 g/mol. The van der Waals surface area contributed by atoms with Gasteiger partial charge in [-0.15, -0.1) is 0 Å². The number of likely N-dealkylation sites (tertiary alicyclic amines) is 1. The van der Waals surface area contributed by atoms with Gasteiger partial charge in [0.2, 0.25) is 0 Å². The highest BCUT2D eigenvalue weighted by Gasteiger charge is 2.18. The first kappa shape index (κ1) is 10.0. The summed E-state index contributed by atoms with van der Waals surface area (Å²) >= 11 is 0. The van der Waals surface area contributed by atoms with Gasteiger partial charge in [0.1, 0.15) is 0 Å². The van der Waals surface area contributed by atoms with Crippen LogP contribution in [-0.4, -0.2) is 38.3 Å². The van der Waals surface area contributed by atoms with Crippen molar-refractivity contribution < 1.29 is 4.74 Å². The molecule has 1 fully saturated rings. The van der Waals surface area contributed by atoms with Gasteiger partial charge in [-0.05, 0) is 45.7 Å². The summed E-state index contributed by atoms with van der Waals surface area (Å²) in [5, 5.41) is 0. The first-order valence-electron chi connectivity index (χ1n) is 5.09. The highest BCUT2D eigenvalue weighted by Crippen LogP contribution is 2.19. The van der Waals surface area contributed by atoms with Crippen LogP contribution in [0.15, 0.2) is 0 Å². The normalized spacial score (nSPS) is 25.0. The van der Waals surface area contributed by atoms with E-state index >= 15 is 0 Å². The number of ether oxygens (including phenoxy) is 1. The van der Waals surface area contributed by atoms with Crippen LogP contribution in [0.3, 0.4) is 0 Å². The van der Waals surface area contributed by atoms with E-state index < -0.39 is 0 Å². The van der Waals surface area contributed by atoms with Gasteiger partial charge in [0.05, 0.1) is 0 Å². The molecule has 0 N–H and O–H groups in total. The molecule has 0 bridgehead atoms. The molecule has 0 aromatic rings. The van der Waals surface area contributed by atoms with Gasteiger partial charge in [-0.2, -0.15) is 0 Å². The zero-order valence-electron chi connectivity index (χ0n) is 8.38. The predicted molar refractivity (Wildman–Crippen MR) is 51.3 cm³/mol. The van der Waals surface area contributed by atoms with E-state index in [0.717, 1.165) is 19.1 Å². The molecule has 1 saturated heterocycles. The Balaban J connectivity index is 1.93. The fraction of sp³-hybridized carbons (Fsp3) is 1.00. The van der Waals surface area contributed by atoms with Crippen molar-refractivity contribution >= 4 is 0 Å². The minimum absolute atomic E-state index is 0.866. The maximum absolute atomic E-state index is 5.31. The van der Waals surface area contributed by atoms with Gasteiger partial charge in [-0.1, -0.05) is 0 Å². The van der Waals surface area contributed by atoms with E-state index in [1.54, 1.807) is 0 Å². The molecule has 2 heteroatoms. The van der Waals surface area contributed by atoms with Gasteiger partial charge in [-0.25, -0.2) is 0 Å². The number of nitrogens with zero attached hydrogens (tertiary/aromatic N) is 1. The summed E-state index contributed by atoms with van der Waals surface area (Å²) in [6, 6.07) is 0. The lowest BCUT2D eigenvalue weighted by Gasteiger charge is -2.09. The second-order valence-electron chi connectivity index (χ2n) is 3.76. The van der Waals surface area contributed by atoms with Crippen LogP contribution in [0.2, 0.25) is 0 Å². The van der Waals surface area contributed by atoms with Crippen LogP contribution in [0.1, 0.15) is 26.2 Å². The summed E-state index contributed by atoms with van der Waals surface area (Å²) in [5.41, 5.74) is 0. The van der Waals surface area contributed by atoms with E-state index in [1.165, 1.54) is 32.4 Å². The first-order chi connectivity index (χ1) is 5.83. The zero-order valence-corrected chi connectivity index (χ0v) is 8.38. The summed E-state index contributed by atoms with van der Waals surface area (Å²) in [6.07, 6.45) is 3.99. The molecule has 1 atom stereocenters. The second-order valence-corrected chi connectivity index (χ2v) is 3.76. The van der Waals surface area contributed by atoms with E-state index in [-0.39, 0.29) is 0 Å². The molecule has 0 saturated carbocycles. The molecule has 1 heterocycles. The van der Waals surface area contributed by atoms with Gasteiger partial charge >= 0.3 is 0 Å². The largest absolute Gasteiger partial charge is 0.382 e. The van der Waals surface area contributed by atoms with Gasteiger partial charge < -0.3 is 9.64 Å². The third-order valence-electron chi connectivity index (χ3n) is 2.59. The third-order valence-corrected chi connectivity index (χ3v) is 2.59. The zero-order chi connectivity index (χ0) is 8.81. The lowest BCUT2D eigenvalue weighted by Crippen LogP contribution is -2.14. The maximum atomic E-state index is 5.31. The van der Waals surface area contributed by atoms with E-state index in [9.17, 15) is 0 Å². The molecule has 2 nitrogen and oxygen atoms in total. The standard InChI is InChI=1S/C10H21NO/c1-3-12-8-4-5-10-6-7-11(2)9-10/h10H,3-9H2,1-2H3. The van der Waals surface area contributed by atoms with Crippen LogP contribution in [0.4, 0.5) is 0 Å². The van der Waals surface area contributed by atoms with Crippen LogP contribution < -0.4 is 0 Å². The molecule has 0 amide bonds. The predicted octanol–water partition coefficient (Wildman–Crippen LogP) is 1.75. The van der Waals surface area contributed by atoms with Crippen molar-refractivity contribution in [2.24, 2.45) is 5.92 Å². The Hall–Kier alpha value is -0.0800. The van der Waals surface area contributed by atoms with Crippen molar-refractivity contribution in [3.8, 4) is 0 Å². The Morgan fingerprint density at radius 1 is 1.50 bits per heavy atom. The summed E-state index contributed by atoms with van der Waals surface area (Å²) in [5.74, 6) is 0.940. The van der Waals surface area contributed by atoms with Crippen molar-refractivity contribution in [3.63, 3.8) is 0 Å². The maximum Gasteiger partial charge on any atom is 0.0466 e. The van der Waals surface area contributed by atoms with Crippen LogP contribution in [0, 0.1) is 5.92 Å². The Labute approximate surface area is 75.9 Å². The molecule has 1 aliphatic rings. The van der Waals surface area contributed by atoms with Gasteiger partial charge in [-0.3, -0.25) is 0 Å². The van der Waals surface area contributed by atoms with Gasteiger partial charge in [0.25, 0.3) is 0 Å². The van der Waals surface area contributed by atoms with Crippen molar-refractivity contribution in [2.75, 3.05) is 33.4 Å². The molecule has 72 valence electrons. The smallest absolute Gasteiger partial charge is 0.0466 e. The Kier molecular flexibility index (Phi) is 4.62. The first-order valence-corrected chi connectivity index (χ1v) is 5.09. The molecule has 0 aromatic heterocycles. The fourth-order valence-electron chi connectivity index (χ4n) is 1.88. The molecule has 1 rings (SSSR count). The average Bonchev–Trinajstić information content (AvgIpc) is 2.45. The minimum atomic E-state index is 0.866. The summed E-state index contributed by atoms with van der Waals surface area (Å²) in [4.78, 5) is 2.42. The number of rotatable bonds is 5. The number of hydrogen-bond donors (Lipinski definition) is 0. The highest BCUT2D eigenvalue weighted by atomic mass is 16.5. The lowest BCUT2D eigenvalue weighted by atomic mass is 10.0. The second kappa shape index (κ2) is 5.55. The Morgan fingerprint density at radius 3 is 2.92 bits per heavy atom. The molecule has 0 radical (unpaired) electrons. The average molecular weight is 171 g/mol. The van der Waals surface area contributed by atoms with Crippen LogP contribution >= 0.6 is 0 Å². The Morgan fingerprint density at radius 2 is 2.33 bits per heavy atom. The molecule has 0 spiro atoms. The molecular formula is C10H21NO. The van der Waals surface area contributed by atoms with E-state index in [2.05, 4.69) is 18.9 Å². The lowest BCUT2D eigenvalue weighted by molar-refractivity contribution is 0.139. The molecule has 1 aliphatic heterocycles. The molecule has 12 heavy (non-hydrogen) atoms. The van der Waals surface area contributed by atoms with E-state index in [0.29, 0.717) is 0 Å². The van der Waals surface area contributed by atoms with Crippen LogP contribution in [0.5, 0.6) is 0 Å². The molecular weight excluding hydrogens is 150 g/mol. The molecule has 0 aliphatic carbocycles. The van der Waals surface area contributed by atoms with E-state index in [4.69, 9.17) is 4.74 Å². The summed E-state index contributed by atoms with van der Waals surface area (Å²) < 4.78 is 5.31. The van der Waals surface area contributed by atoms with E-state index in [1.807, 2.05) is 0 Å². The summed E-state index contributed by atoms with van der Waals surface area (Å²) in [6.45, 7) is 6.47. The topological polar surface area (TPSA) is 12.5 Å². The van der Waals surface area contributed by atoms with Gasteiger partial charge in [0.15, 0.2) is 0 Å².